The van der Waals surface area contributed by atoms with Crippen molar-refractivity contribution in [3.05, 3.63) is 80.8 Å². The summed E-state index contributed by atoms with van der Waals surface area (Å²) in [7, 11) is 0. The number of nitriles is 1. The number of aromatic nitrogens is 1. The zero-order valence-corrected chi connectivity index (χ0v) is 15.0. The van der Waals surface area contributed by atoms with E-state index in [1.165, 1.54) is 36.4 Å². The van der Waals surface area contributed by atoms with Crippen molar-refractivity contribution >= 4 is 28.9 Å². The monoisotopic (exact) mass is 419 g/mol. The van der Waals surface area contributed by atoms with Crippen LogP contribution in [0.2, 0.25) is 5.02 Å². The molecule has 3 rings (SSSR count). The summed E-state index contributed by atoms with van der Waals surface area (Å²) in [5, 5.41) is 20.7. The molecule has 6 nitrogen and oxygen atoms in total. The molecule has 0 saturated heterocycles. The van der Waals surface area contributed by atoms with E-state index in [0.29, 0.717) is 6.20 Å². The van der Waals surface area contributed by atoms with Crippen LogP contribution in [0.3, 0.4) is 0 Å². The molecule has 2 aromatic heterocycles. The van der Waals surface area contributed by atoms with Crippen LogP contribution < -0.4 is 0 Å². The van der Waals surface area contributed by atoms with Crippen molar-refractivity contribution in [3.8, 4) is 17.4 Å². The number of nitrogens with zero attached hydrogens (tertiary/aromatic N) is 3. The summed E-state index contributed by atoms with van der Waals surface area (Å²) >= 11 is 5.79. The van der Waals surface area contributed by atoms with Gasteiger partial charge >= 0.3 is 6.18 Å². The minimum absolute atomic E-state index is 0.0240. The van der Waals surface area contributed by atoms with E-state index in [1.54, 1.807) is 0 Å². The van der Waals surface area contributed by atoms with Crippen molar-refractivity contribution in [2.75, 3.05) is 0 Å². The van der Waals surface area contributed by atoms with Gasteiger partial charge in [-0.3, -0.25) is 15.1 Å². The van der Waals surface area contributed by atoms with Gasteiger partial charge in [-0.1, -0.05) is 11.6 Å². The maximum atomic E-state index is 12.6. The summed E-state index contributed by atoms with van der Waals surface area (Å²) < 4.78 is 43.5. The molecule has 0 aliphatic heterocycles. The van der Waals surface area contributed by atoms with E-state index in [4.69, 9.17) is 16.0 Å². The first-order chi connectivity index (χ1) is 13.7. The van der Waals surface area contributed by atoms with E-state index >= 15 is 0 Å². The second-order valence-corrected chi connectivity index (χ2v) is 6.16. The number of nitro groups is 1. The second-order valence-electron chi connectivity index (χ2n) is 5.72. The first kappa shape index (κ1) is 20.1. The van der Waals surface area contributed by atoms with E-state index < -0.39 is 16.7 Å². The molecule has 0 amide bonds. The third kappa shape index (κ3) is 4.44. The van der Waals surface area contributed by atoms with E-state index in [-0.39, 0.29) is 39.1 Å². The van der Waals surface area contributed by atoms with Crippen molar-refractivity contribution in [1.82, 2.24) is 4.98 Å². The van der Waals surface area contributed by atoms with Gasteiger partial charge in [0.25, 0.3) is 5.69 Å². The van der Waals surface area contributed by atoms with Crippen LogP contribution in [0.15, 0.2) is 53.1 Å². The van der Waals surface area contributed by atoms with Gasteiger partial charge in [0.1, 0.15) is 17.6 Å². The van der Waals surface area contributed by atoms with E-state index in [9.17, 15) is 28.5 Å². The summed E-state index contributed by atoms with van der Waals surface area (Å²) in [6.45, 7) is 0. The molecule has 0 aliphatic rings. The molecule has 0 bridgehead atoms. The highest BCUT2D eigenvalue weighted by Crippen LogP contribution is 2.34. The average molecular weight is 420 g/mol. The van der Waals surface area contributed by atoms with E-state index in [2.05, 4.69) is 4.98 Å². The van der Waals surface area contributed by atoms with Crippen LogP contribution in [-0.2, 0) is 6.18 Å². The van der Waals surface area contributed by atoms with Gasteiger partial charge in [0.15, 0.2) is 0 Å². The van der Waals surface area contributed by atoms with Crippen LogP contribution in [0.1, 0.15) is 17.0 Å². The standard InChI is InChI=1S/C19H9ClF3N3O3/c20-13-2-4-15(17(8-13)26(27)28)18-6-3-14(29-18)7-11(9-24)16-5-1-12(10-25-16)19(21,22)23/h1-8,10H/b11-7+. The molecule has 0 saturated carbocycles. The lowest BCUT2D eigenvalue weighted by Gasteiger charge is -2.06. The number of pyridine rings is 1. The highest BCUT2D eigenvalue weighted by atomic mass is 35.5. The van der Waals surface area contributed by atoms with Crippen molar-refractivity contribution < 1.29 is 22.5 Å². The largest absolute Gasteiger partial charge is 0.456 e. The smallest absolute Gasteiger partial charge is 0.417 e. The third-order valence-electron chi connectivity index (χ3n) is 3.82. The van der Waals surface area contributed by atoms with Gasteiger partial charge < -0.3 is 4.42 Å². The summed E-state index contributed by atoms with van der Waals surface area (Å²) in [6.07, 6.45) is -2.63. The number of allylic oxidation sites excluding steroid dienone is 1. The van der Waals surface area contributed by atoms with Crippen molar-refractivity contribution in [2.24, 2.45) is 0 Å². The molecule has 0 aliphatic carbocycles. The lowest BCUT2D eigenvalue weighted by Crippen LogP contribution is -2.05. The summed E-state index contributed by atoms with van der Waals surface area (Å²) in [6, 6.07) is 10.7. The summed E-state index contributed by atoms with van der Waals surface area (Å²) in [5.41, 5.74) is -1.02. The van der Waals surface area contributed by atoms with Crippen molar-refractivity contribution in [3.63, 3.8) is 0 Å². The Labute approximate surface area is 166 Å². The molecule has 2 heterocycles. The van der Waals surface area contributed by atoms with Gasteiger partial charge in [-0.25, -0.2) is 0 Å². The Kier molecular flexibility index (Phi) is 5.39. The summed E-state index contributed by atoms with van der Waals surface area (Å²) in [4.78, 5) is 14.3. The maximum absolute atomic E-state index is 12.6. The predicted octanol–water partition coefficient (Wildman–Crippen LogP) is 5.99. The molecule has 29 heavy (non-hydrogen) atoms. The fourth-order valence-electron chi connectivity index (χ4n) is 2.47. The first-order valence-corrected chi connectivity index (χ1v) is 8.26. The van der Waals surface area contributed by atoms with Gasteiger partial charge in [0.05, 0.1) is 27.3 Å². The Morgan fingerprint density at radius 2 is 2.00 bits per heavy atom. The minimum atomic E-state index is -4.54. The maximum Gasteiger partial charge on any atom is 0.417 e. The van der Waals surface area contributed by atoms with E-state index in [1.807, 2.05) is 6.07 Å². The Morgan fingerprint density at radius 1 is 1.24 bits per heavy atom. The number of hydrogen-bond acceptors (Lipinski definition) is 5. The van der Waals surface area contributed by atoms with Crippen molar-refractivity contribution in [1.29, 1.82) is 5.26 Å². The minimum Gasteiger partial charge on any atom is -0.456 e. The van der Waals surface area contributed by atoms with Crippen LogP contribution >= 0.6 is 11.6 Å². The van der Waals surface area contributed by atoms with Gasteiger partial charge in [-0.2, -0.15) is 18.4 Å². The Balaban J connectivity index is 1.95. The number of nitro benzene ring substituents is 1. The van der Waals surface area contributed by atoms with Crippen molar-refractivity contribution in [2.45, 2.75) is 6.18 Å². The molecule has 0 atom stereocenters. The highest BCUT2D eigenvalue weighted by molar-refractivity contribution is 6.30. The SMILES string of the molecule is N#C/C(=C\c1ccc(-c2ccc(Cl)cc2[N+](=O)[O-])o1)c1ccc(C(F)(F)F)cn1. The zero-order valence-electron chi connectivity index (χ0n) is 14.3. The highest BCUT2D eigenvalue weighted by Gasteiger charge is 2.30. The average Bonchev–Trinajstić information content (AvgIpc) is 3.14. The second kappa shape index (κ2) is 7.77. The molecule has 146 valence electrons. The summed E-state index contributed by atoms with van der Waals surface area (Å²) in [5.74, 6) is 0.333. The van der Waals surface area contributed by atoms with Crippen LogP contribution in [0, 0.1) is 21.4 Å². The molecule has 1 aromatic carbocycles. The van der Waals surface area contributed by atoms with E-state index in [0.717, 1.165) is 12.1 Å². The van der Waals surface area contributed by atoms with Crippen LogP contribution in [0.4, 0.5) is 18.9 Å². The Hall–Kier alpha value is -3.64. The number of rotatable bonds is 4. The number of benzene rings is 1. The topological polar surface area (TPSA) is 93.0 Å². The molecule has 3 aromatic rings. The van der Waals surface area contributed by atoms with Gasteiger partial charge in [0, 0.05) is 23.4 Å². The molecule has 0 N–H and O–H groups in total. The van der Waals surface area contributed by atoms with Gasteiger partial charge in [0.2, 0.25) is 0 Å². The van der Waals surface area contributed by atoms with Crippen LogP contribution in [-0.4, -0.2) is 9.91 Å². The Bertz CT molecular complexity index is 1150. The molecule has 0 fully saturated rings. The fraction of sp³-hybridized carbons (Fsp3) is 0.0526. The molecule has 10 heteroatoms. The number of alkyl halides is 3. The lowest BCUT2D eigenvalue weighted by molar-refractivity contribution is -0.384. The molecule has 0 unspecified atom stereocenters. The number of furan rings is 1. The van der Waals surface area contributed by atoms with Gasteiger partial charge in [-0.15, -0.1) is 0 Å². The molecule has 0 spiro atoms. The van der Waals surface area contributed by atoms with Gasteiger partial charge in [-0.05, 0) is 36.4 Å². The molecular formula is C19H9ClF3N3O3. The quantitative estimate of drug-likeness (QED) is 0.294. The van der Waals surface area contributed by atoms with Crippen LogP contribution in [0.5, 0.6) is 0 Å². The lowest BCUT2D eigenvalue weighted by atomic mass is 10.1. The first-order valence-electron chi connectivity index (χ1n) is 7.88. The molecular weight excluding hydrogens is 411 g/mol. The zero-order chi connectivity index (χ0) is 21.2. The number of hydrogen-bond donors (Lipinski definition) is 0. The molecule has 0 radical (unpaired) electrons. The normalized spacial score (nSPS) is 11.9. The van der Waals surface area contributed by atoms with Crippen LogP contribution in [0.25, 0.3) is 23.0 Å². The predicted molar refractivity (Wildman–Crippen MR) is 98.5 cm³/mol. The number of halogens is 4. The Morgan fingerprint density at radius 3 is 2.59 bits per heavy atom. The fourth-order valence-corrected chi connectivity index (χ4v) is 2.63. The third-order valence-corrected chi connectivity index (χ3v) is 4.06.